The molecular weight excluding hydrogens is 118 g/mol. The number of aliphatic hydroxyl groups excluding tert-OH is 2. The highest BCUT2D eigenvalue weighted by atomic mass is 16.3. The summed E-state index contributed by atoms with van der Waals surface area (Å²) >= 11 is 0. The normalized spacial score (nSPS) is 43.7. The number of aliphatic hydroxyl groups is 2. The predicted molar refractivity (Wildman–Crippen MR) is 33.8 cm³/mol. The van der Waals surface area contributed by atoms with E-state index in [-0.39, 0.29) is 24.7 Å². The molecule has 0 spiro atoms. The average molecular weight is 131 g/mol. The van der Waals surface area contributed by atoms with Gasteiger partial charge in [-0.2, -0.15) is 0 Å². The zero-order valence-corrected chi connectivity index (χ0v) is 5.33. The Morgan fingerprint density at radius 3 is 2.33 bits per heavy atom. The summed E-state index contributed by atoms with van der Waals surface area (Å²) in [7, 11) is 0. The first kappa shape index (κ1) is 6.99. The maximum atomic E-state index is 9.06. The summed E-state index contributed by atoms with van der Waals surface area (Å²) in [5.74, 6) is 0.231. The van der Waals surface area contributed by atoms with E-state index in [1.54, 1.807) is 0 Å². The van der Waals surface area contributed by atoms with E-state index >= 15 is 0 Å². The van der Waals surface area contributed by atoms with Crippen molar-refractivity contribution in [3.05, 3.63) is 0 Å². The fourth-order valence-corrected chi connectivity index (χ4v) is 1.30. The second-order valence-electron chi connectivity index (χ2n) is 2.75. The van der Waals surface area contributed by atoms with E-state index in [0.717, 1.165) is 6.42 Å². The lowest BCUT2D eigenvalue weighted by molar-refractivity contribution is 0.153. The molecule has 9 heavy (non-hydrogen) atoms. The number of hydrogen-bond donors (Lipinski definition) is 3. The third-order valence-corrected chi connectivity index (χ3v) is 1.93. The minimum atomic E-state index is -0.387. The standard InChI is InChI=1S/C6H13NO2/c7-5-1-4(3-8)2-6(5)9/h4-6,8-9H,1-3,7H2/t4?,5?,6-/m1/s1. The zero-order valence-electron chi connectivity index (χ0n) is 5.33. The molecule has 1 rings (SSSR count). The molecule has 0 aliphatic heterocycles. The molecule has 3 nitrogen and oxygen atoms in total. The molecule has 0 aromatic heterocycles. The predicted octanol–water partition coefficient (Wildman–Crippen LogP) is -0.923. The van der Waals surface area contributed by atoms with E-state index in [9.17, 15) is 0 Å². The van der Waals surface area contributed by atoms with Gasteiger partial charge >= 0.3 is 0 Å². The molecule has 0 saturated heterocycles. The van der Waals surface area contributed by atoms with Gasteiger partial charge in [0.15, 0.2) is 0 Å². The third-order valence-electron chi connectivity index (χ3n) is 1.93. The van der Waals surface area contributed by atoms with Crippen LogP contribution in [0.1, 0.15) is 12.8 Å². The monoisotopic (exact) mass is 131 g/mol. The molecule has 2 unspecified atom stereocenters. The smallest absolute Gasteiger partial charge is 0.0694 e. The van der Waals surface area contributed by atoms with Crippen LogP contribution in [0.5, 0.6) is 0 Å². The molecule has 0 radical (unpaired) electrons. The first-order valence-corrected chi connectivity index (χ1v) is 3.28. The van der Waals surface area contributed by atoms with Crippen LogP contribution in [0.25, 0.3) is 0 Å². The van der Waals surface area contributed by atoms with E-state index in [4.69, 9.17) is 15.9 Å². The number of nitrogens with two attached hydrogens (primary N) is 1. The van der Waals surface area contributed by atoms with Crippen molar-refractivity contribution in [2.45, 2.75) is 25.0 Å². The summed E-state index contributed by atoms with van der Waals surface area (Å²) in [6.45, 7) is 0.158. The van der Waals surface area contributed by atoms with E-state index in [1.165, 1.54) is 0 Å². The SMILES string of the molecule is NC1CC(CO)C[C@H]1O. The molecule has 0 aromatic rings. The highest BCUT2D eigenvalue weighted by molar-refractivity contribution is 4.85. The number of hydrogen-bond acceptors (Lipinski definition) is 3. The molecule has 3 heteroatoms. The molecule has 0 bridgehead atoms. The van der Waals surface area contributed by atoms with Gasteiger partial charge in [-0.3, -0.25) is 0 Å². The van der Waals surface area contributed by atoms with E-state index in [2.05, 4.69) is 0 Å². The van der Waals surface area contributed by atoms with Gasteiger partial charge < -0.3 is 15.9 Å². The molecule has 1 saturated carbocycles. The van der Waals surface area contributed by atoms with Gasteiger partial charge in [0.25, 0.3) is 0 Å². The van der Waals surface area contributed by atoms with Crippen LogP contribution in [0.4, 0.5) is 0 Å². The van der Waals surface area contributed by atoms with Crippen molar-refractivity contribution in [1.29, 1.82) is 0 Å². The second kappa shape index (κ2) is 2.64. The summed E-state index contributed by atoms with van der Waals surface area (Å²) in [5, 5.41) is 17.7. The number of rotatable bonds is 1. The summed E-state index contributed by atoms with van der Waals surface area (Å²) < 4.78 is 0. The molecule has 0 amide bonds. The van der Waals surface area contributed by atoms with E-state index in [0.29, 0.717) is 6.42 Å². The molecule has 0 aromatic carbocycles. The zero-order chi connectivity index (χ0) is 6.85. The lowest BCUT2D eigenvalue weighted by atomic mass is 10.1. The van der Waals surface area contributed by atoms with Gasteiger partial charge in [0.05, 0.1) is 6.10 Å². The van der Waals surface area contributed by atoms with Crippen molar-refractivity contribution in [3.63, 3.8) is 0 Å². The summed E-state index contributed by atoms with van der Waals surface area (Å²) in [6.07, 6.45) is 1.04. The van der Waals surface area contributed by atoms with Crippen LogP contribution in [-0.2, 0) is 0 Å². The first-order valence-electron chi connectivity index (χ1n) is 3.28. The Kier molecular flexibility index (Phi) is 2.05. The topological polar surface area (TPSA) is 66.5 Å². The van der Waals surface area contributed by atoms with E-state index in [1.807, 2.05) is 0 Å². The van der Waals surface area contributed by atoms with Crippen LogP contribution in [0.2, 0.25) is 0 Å². The summed E-state index contributed by atoms with van der Waals surface area (Å²) in [5.41, 5.74) is 5.48. The van der Waals surface area contributed by atoms with Gasteiger partial charge in [-0.05, 0) is 18.8 Å². The van der Waals surface area contributed by atoms with Gasteiger partial charge in [0, 0.05) is 12.6 Å². The average Bonchev–Trinajstić information content (AvgIpc) is 2.13. The Morgan fingerprint density at radius 1 is 1.44 bits per heavy atom. The maximum absolute atomic E-state index is 9.06. The van der Waals surface area contributed by atoms with Gasteiger partial charge in [0.1, 0.15) is 0 Å². The Hall–Kier alpha value is -0.120. The minimum Gasteiger partial charge on any atom is -0.396 e. The van der Waals surface area contributed by atoms with Crippen molar-refractivity contribution in [3.8, 4) is 0 Å². The van der Waals surface area contributed by atoms with Crippen molar-refractivity contribution in [1.82, 2.24) is 0 Å². The molecule has 54 valence electrons. The first-order chi connectivity index (χ1) is 4.24. The fraction of sp³-hybridized carbons (Fsp3) is 1.00. The molecule has 1 aliphatic rings. The second-order valence-corrected chi connectivity index (χ2v) is 2.75. The van der Waals surface area contributed by atoms with Crippen LogP contribution in [0.15, 0.2) is 0 Å². The summed E-state index contributed by atoms with van der Waals surface area (Å²) in [4.78, 5) is 0. The summed E-state index contributed by atoms with van der Waals surface area (Å²) in [6, 6.07) is -0.109. The highest BCUT2D eigenvalue weighted by Crippen LogP contribution is 2.23. The van der Waals surface area contributed by atoms with Gasteiger partial charge in [0.2, 0.25) is 0 Å². The Balaban J connectivity index is 2.35. The van der Waals surface area contributed by atoms with Gasteiger partial charge in [-0.25, -0.2) is 0 Å². The molecule has 1 aliphatic carbocycles. The van der Waals surface area contributed by atoms with Crippen molar-refractivity contribution >= 4 is 0 Å². The lowest BCUT2D eigenvalue weighted by Crippen LogP contribution is -2.28. The highest BCUT2D eigenvalue weighted by Gasteiger charge is 2.29. The molecule has 1 fully saturated rings. The van der Waals surface area contributed by atoms with Gasteiger partial charge in [-0.1, -0.05) is 0 Å². The third kappa shape index (κ3) is 1.41. The van der Waals surface area contributed by atoms with Crippen LogP contribution in [0.3, 0.4) is 0 Å². The maximum Gasteiger partial charge on any atom is 0.0694 e. The van der Waals surface area contributed by atoms with Crippen molar-refractivity contribution < 1.29 is 10.2 Å². The van der Waals surface area contributed by atoms with Crippen LogP contribution in [-0.4, -0.2) is 29.0 Å². The van der Waals surface area contributed by atoms with Gasteiger partial charge in [-0.15, -0.1) is 0 Å². The largest absolute Gasteiger partial charge is 0.396 e. The molecule has 0 heterocycles. The fourth-order valence-electron chi connectivity index (χ4n) is 1.30. The minimum absolute atomic E-state index is 0.109. The Labute approximate surface area is 54.5 Å². The van der Waals surface area contributed by atoms with Crippen molar-refractivity contribution in [2.24, 2.45) is 11.7 Å². The van der Waals surface area contributed by atoms with Crippen molar-refractivity contribution in [2.75, 3.05) is 6.61 Å². The lowest BCUT2D eigenvalue weighted by Gasteiger charge is -2.04. The Bertz CT molecular complexity index is 87.1. The van der Waals surface area contributed by atoms with Crippen LogP contribution < -0.4 is 5.73 Å². The molecule has 4 N–H and O–H groups in total. The van der Waals surface area contributed by atoms with Crippen LogP contribution in [0, 0.1) is 5.92 Å². The quantitative estimate of drug-likeness (QED) is 0.431. The van der Waals surface area contributed by atoms with E-state index < -0.39 is 0 Å². The van der Waals surface area contributed by atoms with Crippen LogP contribution >= 0.6 is 0 Å². The Morgan fingerprint density at radius 2 is 2.11 bits per heavy atom. The molecule has 3 atom stereocenters. The molecular formula is C6H13NO2.